The molecule has 2 aromatic rings. The van der Waals surface area contributed by atoms with E-state index in [1.54, 1.807) is 24.3 Å². The van der Waals surface area contributed by atoms with Crippen LogP contribution in [-0.2, 0) is 30.3 Å². The smallest absolute Gasteiger partial charge is 0.286 e. The van der Waals surface area contributed by atoms with E-state index in [9.17, 15) is 26.4 Å². The van der Waals surface area contributed by atoms with Crippen LogP contribution in [0.3, 0.4) is 0 Å². The second-order valence-corrected chi connectivity index (χ2v) is 14.8. The molecule has 2 N–H and O–H groups in total. The van der Waals surface area contributed by atoms with Gasteiger partial charge >= 0.3 is 0 Å². The van der Waals surface area contributed by atoms with Gasteiger partial charge in [0.15, 0.2) is 11.6 Å². The molecule has 0 saturated heterocycles. The summed E-state index contributed by atoms with van der Waals surface area (Å²) in [6.45, 7) is 8.31. The van der Waals surface area contributed by atoms with Gasteiger partial charge in [0, 0.05) is 11.3 Å². The van der Waals surface area contributed by atoms with Crippen molar-refractivity contribution in [1.29, 1.82) is 0 Å². The van der Waals surface area contributed by atoms with Crippen molar-refractivity contribution in [2.45, 2.75) is 63.7 Å². The number of carbonyl (C=O) groups excluding carboxylic acids is 2. The summed E-state index contributed by atoms with van der Waals surface area (Å²) in [7, 11) is -7.96. The minimum absolute atomic E-state index is 0.0526. The molecule has 0 bridgehead atoms. The number of sulfonamides is 2. The number of fused-ring (bicyclic) bond motifs is 2. The highest BCUT2D eigenvalue weighted by atomic mass is 32.2. The fourth-order valence-corrected chi connectivity index (χ4v) is 6.86. The second kappa shape index (κ2) is 9.60. The normalized spacial score (nSPS) is 22.7. The van der Waals surface area contributed by atoms with Crippen LogP contribution >= 0.6 is 0 Å². The average molecular weight is 560 g/mol. The van der Waals surface area contributed by atoms with Gasteiger partial charge in [-0.05, 0) is 48.9 Å². The summed E-state index contributed by atoms with van der Waals surface area (Å²) in [5.74, 6) is -2.55. The van der Waals surface area contributed by atoms with Gasteiger partial charge in [0.25, 0.3) is 10.0 Å². The van der Waals surface area contributed by atoms with E-state index in [4.69, 9.17) is 0 Å². The van der Waals surface area contributed by atoms with Gasteiger partial charge < -0.3 is 5.32 Å². The molecular formula is C27H33N3O6S2. The molecule has 1 aliphatic heterocycles. The Balaban J connectivity index is 1.72. The molecule has 0 fully saturated rings. The number of nitrogens with one attached hydrogen (secondary N) is 2. The number of benzene rings is 2. The van der Waals surface area contributed by atoms with Crippen molar-refractivity contribution >= 4 is 48.8 Å². The summed E-state index contributed by atoms with van der Waals surface area (Å²) in [5.41, 5.74) is 0.365. The molecule has 0 spiro atoms. The number of anilines is 2. The van der Waals surface area contributed by atoms with E-state index in [-0.39, 0.29) is 27.5 Å². The molecule has 2 aliphatic rings. The van der Waals surface area contributed by atoms with E-state index in [1.807, 2.05) is 6.92 Å². The van der Waals surface area contributed by atoms with Crippen molar-refractivity contribution in [3.8, 4) is 0 Å². The van der Waals surface area contributed by atoms with Gasteiger partial charge in [-0.25, -0.2) is 8.42 Å². The third-order valence-electron chi connectivity index (χ3n) is 7.03. The Morgan fingerprint density at radius 1 is 1.08 bits per heavy atom. The fourth-order valence-electron chi connectivity index (χ4n) is 5.13. The first-order valence-electron chi connectivity index (χ1n) is 12.4. The summed E-state index contributed by atoms with van der Waals surface area (Å²) < 4.78 is 55.5. The molecule has 4 rings (SSSR count). The van der Waals surface area contributed by atoms with Gasteiger partial charge in [-0.1, -0.05) is 57.9 Å². The number of Topliss-reactive ketones (excluding diaryl/α,β-unsaturated/α-hetero) is 2. The van der Waals surface area contributed by atoms with Crippen molar-refractivity contribution < 1.29 is 26.4 Å². The molecule has 2 aromatic carbocycles. The third kappa shape index (κ3) is 5.54. The molecule has 0 aromatic heterocycles. The van der Waals surface area contributed by atoms with E-state index in [1.165, 1.54) is 12.1 Å². The molecule has 0 amide bonds. The summed E-state index contributed by atoms with van der Waals surface area (Å²) in [4.78, 5) is 27.4. The molecule has 2 unspecified atom stereocenters. The molecule has 9 nitrogen and oxygen atoms in total. The third-order valence-corrected chi connectivity index (χ3v) is 8.96. The van der Waals surface area contributed by atoms with E-state index in [2.05, 4.69) is 35.2 Å². The number of amidine groups is 1. The molecule has 2 atom stereocenters. The number of hydrogen-bond acceptors (Lipinski definition) is 7. The molecule has 1 heterocycles. The topological polar surface area (TPSA) is 139 Å². The van der Waals surface area contributed by atoms with Gasteiger partial charge in [0.1, 0.15) is 16.6 Å². The zero-order chi connectivity index (χ0) is 28.1. The van der Waals surface area contributed by atoms with Crippen LogP contribution in [0.5, 0.6) is 0 Å². The van der Waals surface area contributed by atoms with Crippen LogP contribution in [0.4, 0.5) is 11.4 Å². The first kappa shape index (κ1) is 28.0. The van der Waals surface area contributed by atoms with Gasteiger partial charge in [-0.2, -0.15) is 8.42 Å². The molecule has 1 aliphatic carbocycles. The van der Waals surface area contributed by atoms with Gasteiger partial charge in [-0.15, -0.1) is 4.40 Å². The van der Waals surface area contributed by atoms with E-state index in [0.29, 0.717) is 17.5 Å². The van der Waals surface area contributed by atoms with E-state index in [0.717, 1.165) is 31.6 Å². The number of hydrogen-bond donors (Lipinski definition) is 2. The van der Waals surface area contributed by atoms with Crippen molar-refractivity contribution in [3.63, 3.8) is 0 Å². The second-order valence-electron chi connectivity index (χ2n) is 11.5. The largest absolute Gasteiger partial charge is 0.341 e. The zero-order valence-electron chi connectivity index (χ0n) is 22.2. The maximum absolute atomic E-state index is 14.0. The lowest BCUT2D eigenvalue weighted by Crippen LogP contribution is -2.51. The molecule has 204 valence electrons. The van der Waals surface area contributed by atoms with Crippen molar-refractivity contribution in [2.75, 3.05) is 16.3 Å². The van der Waals surface area contributed by atoms with E-state index >= 15 is 0 Å². The standard InChI is InChI=1S/C27H33N3O6S2/c1-26(2,3)14-8-9-15-27(4)19-11-7-6-10-18(19)23(31)22(24(27)32)25-28-20-13-12-17(29-37(5,33)34)16-21(20)38(35,36)30-25/h6-7,10-13,16,22,29H,8-9,14-15H2,1-5H3,(H,28,30). The molecule has 11 heteroatoms. The van der Waals surface area contributed by atoms with Crippen LogP contribution in [0.1, 0.15) is 69.3 Å². The minimum atomic E-state index is -4.33. The van der Waals surface area contributed by atoms with Gasteiger partial charge in [0.2, 0.25) is 10.0 Å². The molecule has 38 heavy (non-hydrogen) atoms. The van der Waals surface area contributed by atoms with E-state index < -0.39 is 42.9 Å². The highest BCUT2D eigenvalue weighted by Crippen LogP contribution is 2.43. The lowest BCUT2D eigenvalue weighted by molar-refractivity contribution is -0.125. The number of nitrogens with zero attached hydrogens (tertiary/aromatic N) is 1. The average Bonchev–Trinajstić information content (AvgIpc) is 2.79. The summed E-state index contributed by atoms with van der Waals surface area (Å²) >= 11 is 0. The number of carbonyl (C=O) groups is 2. The Morgan fingerprint density at radius 2 is 1.76 bits per heavy atom. The SMILES string of the molecule is CC(C)(C)CCCCC1(C)C(=O)C(C2=NS(=O)(=O)c3cc(NS(C)(=O)=O)ccc3N2)C(=O)c2ccccc21. The predicted molar refractivity (Wildman–Crippen MR) is 148 cm³/mol. The van der Waals surface area contributed by atoms with Crippen molar-refractivity contribution in [1.82, 2.24) is 0 Å². The van der Waals surface area contributed by atoms with Crippen LogP contribution in [0.15, 0.2) is 51.8 Å². The number of unbranched alkanes of at least 4 members (excludes halogenated alkanes) is 1. The minimum Gasteiger partial charge on any atom is -0.341 e. The van der Waals surface area contributed by atoms with Gasteiger partial charge in [0.05, 0.1) is 17.4 Å². The Hall–Kier alpha value is -3.05. The van der Waals surface area contributed by atoms with Crippen LogP contribution in [0, 0.1) is 11.3 Å². The fraction of sp³-hybridized carbons (Fsp3) is 0.444. The summed E-state index contributed by atoms with van der Waals surface area (Å²) in [5, 5.41) is 2.88. The monoisotopic (exact) mass is 559 g/mol. The van der Waals surface area contributed by atoms with Crippen LogP contribution in [0.25, 0.3) is 0 Å². The Morgan fingerprint density at radius 3 is 2.42 bits per heavy atom. The predicted octanol–water partition coefficient (Wildman–Crippen LogP) is 4.52. The maximum atomic E-state index is 14.0. The van der Waals surface area contributed by atoms with Crippen LogP contribution < -0.4 is 10.0 Å². The highest BCUT2D eigenvalue weighted by molar-refractivity contribution is 7.92. The first-order chi connectivity index (χ1) is 17.5. The maximum Gasteiger partial charge on any atom is 0.286 e. The van der Waals surface area contributed by atoms with Crippen molar-refractivity contribution in [3.05, 3.63) is 53.6 Å². The lowest BCUT2D eigenvalue weighted by Gasteiger charge is -2.38. The van der Waals surface area contributed by atoms with Crippen molar-refractivity contribution in [2.24, 2.45) is 15.7 Å². The Kier molecular flexibility index (Phi) is 7.07. The van der Waals surface area contributed by atoms with Crippen LogP contribution in [0.2, 0.25) is 0 Å². The zero-order valence-corrected chi connectivity index (χ0v) is 23.8. The number of ketones is 2. The summed E-state index contributed by atoms with van der Waals surface area (Å²) in [6.07, 6.45) is 4.14. The molecule has 0 saturated carbocycles. The first-order valence-corrected chi connectivity index (χ1v) is 15.8. The highest BCUT2D eigenvalue weighted by Gasteiger charge is 2.51. The molecular weight excluding hydrogens is 526 g/mol. The lowest BCUT2D eigenvalue weighted by atomic mass is 9.63. The van der Waals surface area contributed by atoms with Gasteiger partial charge in [-0.3, -0.25) is 14.3 Å². The van der Waals surface area contributed by atoms with Crippen LogP contribution in [-0.4, -0.2) is 40.5 Å². The molecule has 0 radical (unpaired) electrons. The quantitative estimate of drug-likeness (QED) is 0.376. The number of rotatable bonds is 7. The summed E-state index contributed by atoms with van der Waals surface area (Å²) in [6, 6.07) is 10.9. The Labute approximate surface area is 224 Å². The Bertz CT molecular complexity index is 1560.